The maximum atomic E-state index is 2.78. The number of aryl methyl sites for hydroxylation is 1. The van der Waals surface area contributed by atoms with Gasteiger partial charge in [-0.15, -0.1) is 22.7 Å². The lowest BCUT2D eigenvalue weighted by Crippen LogP contribution is -2.61. The molecule has 0 N–H and O–H groups in total. The molecule has 9 aromatic carbocycles. The molecule has 2 atom stereocenters. The molecule has 0 bridgehead atoms. The van der Waals surface area contributed by atoms with E-state index in [1.807, 2.05) is 22.7 Å². The van der Waals surface area contributed by atoms with E-state index >= 15 is 0 Å². The van der Waals surface area contributed by atoms with Crippen molar-refractivity contribution < 1.29 is 0 Å². The van der Waals surface area contributed by atoms with Crippen LogP contribution in [0.2, 0.25) is 0 Å². The van der Waals surface area contributed by atoms with Crippen LogP contribution < -0.4 is 31.1 Å². The maximum absolute atomic E-state index is 2.78. The second kappa shape index (κ2) is 15.5. The molecule has 1 saturated carbocycles. The third-order valence-corrected chi connectivity index (χ3v) is 20.1. The Balaban J connectivity index is 1.00. The molecule has 1 aliphatic carbocycles. The second-order valence-electron chi connectivity index (χ2n) is 22.9. The quantitative estimate of drug-likeness (QED) is 0.163. The first-order valence-electron chi connectivity index (χ1n) is 26.3. The van der Waals surface area contributed by atoms with Crippen molar-refractivity contribution in [1.29, 1.82) is 0 Å². The number of anilines is 8. The summed E-state index contributed by atoms with van der Waals surface area (Å²) in [4.78, 5) is 8.07. The summed E-state index contributed by atoms with van der Waals surface area (Å²) in [7, 11) is 0. The van der Waals surface area contributed by atoms with Crippen molar-refractivity contribution in [3.63, 3.8) is 0 Å². The fourth-order valence-electron chi connectivity index (χ4n) is 14.0. The zero-order valence-corrected chi connectivity index (χ0v) is 44.0. The molecule has 73 heavy (non-hydrogen) atoms. The SMILES string of the molecule is Cc1cc2c3c(c1)N(c1cccc4c1sc1ccccc14)c1cc(N4c5ccc(-c6ccccc6)cc5C5(C)CCCCC45C)ccc1B3c1ccc(C(C)(C)C)cc1N2c1ccc2c(c1)sc1ccccc12. The van der Waals surface area contributed by atoms with Gasteiger partial charge >= 0.3 is 0 Å². The standard InChI is InChI=1S/C67H56BN3S2/c1-41-35-58-63-59(36-41)70(55-22-16-21-50-48-20-11-13-24-61(48)73-64(50)55)57-39-46(71-54-32-25-43(42-17-8-7-9-18-42)37-51(54)66(5)33-14-15-34-67(66,71)6)28-31-53(57)68(63)52-30-26-44(65(2,3)4)38-56(52)69(58)45-27-29-49-47-19-10-12-23-60(47)72-62(49)40-45/h7-13,16-32,35-40H,14-15,33-34H2,1-6H3. The van der Waals surface area contributed by atoms with Gasteiger partial charge in [-0.05, 0) is 149 Å². The third-order valence-electron chi connectivity index (χ3n) is 17.8. The first-order chi connectivity index (χ1) is 35.5. The predicted octanol–water partition coefficient (Wildman–Crippen LogP) is 17.5. The Morgan fingerprint density at radius 1 is 0.479 bits per heavy atom. The molecule has 5 heterocycles. The lowest BCUT2D eigenvalue weighted by atomic mass is 9.33. The van der Waals surface area contributed by atoms with Gasteiger partial charge < -0.3 is 14.7 Å². The number of fused-ring (bicyclic) bond motifs is 13. The van der Waals surface area contributed by atoms with Crippen molar-refractivity contribution in [3.05, 3.63) is 199 Å². The molecule has 1 fully saturated rings. The largest absolute Gasteiger partial charge is 0.334 e. The Morgan fingerprint density at radius 3 is 1.93 bits per heavy atom. The minimum absolute atomic E-state index is 0.00987. The average Bonchev–Trinajstić information content (AvgIpc) is 4.04. The van der Waals surface area contributed by atoms with Crippen molar-refractivity contribution >= 4 is 132 Å². The molecular weight excluding hydrogens is 922 g/mol. The summed E-state index contributed by atoms with van der Waals surface area (Å²) in [6, 6.07) is 70.4. The highest BCUT2D eigenvalue weighted by Crippen LogP contribution is 2.62. The molecule has 2 aromatic heterocycles. The van der Waals surface area contributed by atoms with Crippen molar-refractivity contribution in [2.45, 2.75) is 83.6 Å². The van der Waals surface area contributed by atoms with E-state index in [1.165, 1.54) is 149 Å². The molecule has 0 radical (unpaired) electrons. The summed E-state index contributed by atoms with van der Waals surface area (Å²) in [5, 5.41) is 5.28. The number of benzene rings is 9. The Bertz CT molecular complexity index is 4120. The maximum Gasteiger partial charge on any atom is 0.252 e. The van der Waals surface area contributed by atoms with Crippen LogP contribution in [-0.4, -0.2) is 12.3 Å². The minimum atomic E-state index is -0.111. The monoisotopic (exact) mass is 977 g/mol. The van der Waals surface area contributed by atoms with E-state index in [2.05, 4.69) is 238 Å². The molecular formula is C67H56BN3S2. The molecule has 15 rings (SSSR count). The van der Waals surface area contributed by atoms with Gasteiger partial charge in [-0.1, -0.05) is 150 Å². The summed E-state index contributed by atoms with van der Waals surface area (Å²) in [6.07, 6.45) is 4.79. The summed E-state index contributed by atoms with van der Waals surface area (Å²) < 4.78 is 5.28. The molecule has 11 aromatic rings. The second-order valence-corrected chi connectivity index (χ2v) is 25.0. The molecule has 354 valence electrons. The molecule has 2 unspecified atom stereocenters. The number of rotatable bonds is 4. The number of hydrogen-bond donors (Lipinski definition) is 0. The van der Waals surface area contributed by atoms with Crippen molar-refractivity contribution in [2.75, 3.05) is 14.7 Å². The molecule has 0 amide bonds. The Kier molecular flexibility index (Phi) is 9.20. The highest BCUT2D eigenvalue weighted by atomic mass is 32.1. The number of thiophene rings is 2. The van der Waals surface area contributed by atoms with E-state index in [4.69, 9.17) is 0 Å². The first kappa shape index (κ1) is 43.5. The zero-order valence-electron chi connectivity index (χ0n) is 42.4. The highest BCUT2D eigenvalue weighted by molar-refractivity contribution is 7.26. The van der Waals surface area contributed by atoms with Gasteiger partial charge in [-0.2, -0.15) is 0 Å². The van der Waals surface area contributed by atoms with E-state index in [0.29, 0.717) is 0 Å². The van der Waals surface area contributed by atoms with Crippen LogP contribution in [0.1, 0.15) is 77.0 Å². The van der Waals surface area contributed by atoms with Gasteiger partial charge in [0.15, 0.2) is 0 Å². The van der Waals surface area contributed by atoms with Gasteiger partial charge in [0.05, 0.1) is 15.9 Å². The van der Waals surface area contributed by atoms with Crippen LogP contribution >= 0.6 is 22.7 Å². The lowest BCUT2D eigenvalue weighted by Gasteiger charge is -2.50. The van der Waals surface area contributed by atoms with Gasteiger partial charge in [-0.3, -0.25) is 0 Å². The van der Waals surface area contributed by atoms with E-state index in [-0.39, 0.29) is 23.1 Å². The number of hydrogen-bond acceptors (Lipinski definition) is 5. The van der Waals surface area contributed by atoms with Gasteiger partial charge in [0.25, 0.3) is 6.71 Å². The van der Waals surface area contributed by atoms with Crippen molar-refractivity contribution in [3.8, 4) is 11.1 Å². The Morgan fingerprint density at radius 2 is 1.14 bits per heavy atom. The van der Waals surface area contributed by atoms with E-state index in [0.717, 1.165) is 6.42 Å². The predicted molar refractivity (Wildman–Crippen MR) is 318 cm³/mol. The van der Waals surface area contributed by atoms with Crippen LogP contribution in [0.25, 0.3) is 51.5 Å². The molecule has 6 heteroatoms. The average molecular weight is 978 g/mol. The van der Waals surface area contributed by atoms with Crippen LogP contribution in [0.15, 0.2) is 182 Å². The Labute approximate surface area is 437 Å². The van der Waals surface area contributed by atoms with E-state index in [1.54, 1.807) is 0 Å². The molecule has 0 spiro atoms. The van der Waals surface area contributed by atoms with Crippen LogP contribution in [0.5, 0.6) is 0 Å². The van der Waals surface area contributed by atoms with Crippen LogP contribution in [-0.2, 0) is 10.8 Å². The minimum Gasteiger partial charge on any atom is -0.334 e. The topological polar surface area (TPSA) is 9.72 Å². The third kappa shape index (κ3) is 6.11. The molecule has 3 nitrogen and oxygen atoms in total. The van der Waals surface area contributed by atoms with Gasteiger partial charge in [0, 0.05) is 80.9 Å². The molecule has 0 saturated heterocycles. The summed E-state index contributed by atoms with van der Waals surface area (Å²) in [5.74, 6) is 0. The smallest absolute Gasteiger partial charge is 0.252 e. The van der Waals surface area contributed by atoms with Crippen molar-refractivity contribution in [2.24, 2.45) is 0 Å². The van der Waals surface area contributed by atoms with Crippen LogP contribution in [0.4, 0.5) is 45.5 Å². The molecule has 4 aliphatic rings. The van der Waals surface area contributed by atoms with Gasteiger partial charge in [-0.25, -0.2) is 0 Å². The summed E-state index contributed by atoms with van der Waals surface area (Å²) >= 11 is 3.82. The lowest BCUT2D eigenvalue weighted by molar-refractivity contribution is 0.195. The molecule has 3 aliphatic heterocycles. The van der Waals surface area contributed by atoms with Crippen LogP contribution in [0.3, 0.4) is 0 Å². The summed E-state index contributed by atoms with van der Waals surface area (Å²) in [6.45, 7) is 14.5. The fraction of sp³-hybridized carbons (Fsp3) is 0.194. The Hall–Kier alpha value is -7.12. The zero-order chi connectivity index (χ0) is 49.1. The van der Waals surface area contributed by atoms with Crippen molar-refractivity contribution in [1.82, 2.24) is 0 Å². The van der Waals surface area contributed by atoms with E-state index in [9.17, 15) is 0 Å². The van der Waals surface area contributed by atoms with Gasteiger partial charge in [0.1, 0.15) is 0 Å². The van der Waals surface area contributed by atoms with Gasteiger partial charge in [0.2, 0.25) is 0 Å². The van der Waals surface area contributed by atoms with E-state index < -0.39 is 0 Å². The highest BCUT2D eigenvalue weighted by Gasteiger charge is 2.58. The first-order valence-corrected chi connectivity index (χ1v) is 28.0. The normalized spacial score (nSPS) is 18.9. The summed E-state index contributed by atoms with van der Waals surface area (Å²) in [5.41, 5.74) is 20.6. The number of nitrogens with zero attached hydrogens (tertiary/aromatic N) is 3. The van der Waals surface area contributed by atoms with Crippen LogP contribution in [0, 0.1) is 6.92 Å². The fourth-order valence-corrected chi connectivity index (χ4v) is 16.3.